The fourth-order valence-electron chi connectivity index (χ4n) is 3.30. The van der Waals surface area contributed by atoms with Gasteiger partial charge in [0.2, 0.25) is 0 Å². The van der Waals surface area contributed by atoms with Gasteiger partial charge in [-0.05, 0) is 50.8 Å². The second-order valence-corrected chi connectivity index (χ2v) is 7.52. The Kier molecular flexibility index (Phi) is 8.42. The number of carbonyl (C=O) groups excluding carboxylic acids is 2. The fourth-order valence-corrected chi connectivity index (χ4v) is 3.30. The Bertz CT molecular complexity index is 911. The van der Waals surface area contributed by atoms with E-state index in [-0.39, 0.29) is 11.1 Å². The number of aromatic nitrogens is 1. The van der Waals surface area contributed by atoms with Crippen molar-refractivity contribution in [3.05, 3.63) is 40.7 Å². The van der Waals surface area contributed by atoms with Crippen LogP contribution in [0.3, 0.4) is 0 Å². The smallest absolute Gasteiger partial charge is 0.340 e. The summed E-state index contributed by atoms with van der Waals surface area (Å²) in [5.74, 6) is 0.458. The van der Waals surface area contributed by atoms with Gasteiger partial charge < -0.3 is 18.9 Å². The van der Waals surface area contributed by atoms with Crippen LogP contribution in [0.1, 0.15) is 59.3 Å². The highest BCUT2D eigenvalue weighted by Crippen LogP contribution is 2.38. The highest BCUT2D eigenvalue weighted by atomic mass is 16.5. The Labute approximate surface area is 183 Å². The lowest BCUT2D eigenvalue weighted by Crippen LogP contribution is -2.16. The summed E-state index contributed by atoms with van der Waals surface area (Å²) in [5.41, 5.74) is 2.36. The molecule has 0 aliphatic heterocycles. The summed E-state index contributed by atoms with van der Waals surface area (Å²) in [6.07, 6.45) is 0.879. The molecule has 0 saturated heterocycles. The van der Waals surface area contributed by atoms with Gasteiger partial charge in [-0.3, -0.25) is 4.98 Å². The van der Waals surface area contributed by atoms with Gasteiger partial charge in [-0.25, -0.2) is 9.59 Å². The van der Waals surface area contributed by atoms with Crippen LogP contribution < -0.4 is 9.47 Å². The van der Waals surface area contributed by atoms with Gasteiger partial charge in [0.15, 0.2) is 11.5 Å². The Morgan fingerprint density at radius 3 is 2.00 bits per heavy atom. The standard InChI is InChI=1S/C24H31NO6/c1-8-30-18-10-9-17(13-19(18)31-12-11-14(2)3)22-20(23(26)28-6)15(4)25-16(5)21(22)24(27)29-7/h9-10,13-14H,8,11-12H2,1-7H3. The van der Waals surface area contributed by atoms with Crippen LogP contribution in [0.4, 0.5) is 0 Å². The molecule has 0 aliphatic rings. The molecular weight excluding hydrogens is 398 g/mol. The first kappa shape index (κ1) is 24.2. The molecule has 1 aromatic heterocycles. The van der Waals surface area contributed by atoms with Gasteiger partial charge in [0.05, 0.1) is 49.9 Å². The number of hydrogen-bond acceptors (Lipinski definition) is 7. The second-order valence-electron chi connectivity index (χ2n) is 7.52. The van der Waals surface area contributed by atoms with E-state index >= 15 is 0 Å². The molecule has 0 spiro atoms. The van der Waals surface area contributed by atoms with Crippen LogP contribution in [-0.2, 0) is 9.47 Å². The molecule has 0 aliphatic carbocycles. The van der Waals surface area contributed by atoms with E-state index in [1.807, 2.05) is 6.92 Å². The van der Waals surface area contributed by atoms with Crippen LogP contribution in [-0.4, -0.2) is 44.4 Å². The van der Waals surface area contributed by atoms with Crippen LogP contribution in [0.15, 0.2) is 18.2 Å². The molecule has 1 heterocycles. The normalized spacial score (nSPS) is 10.7. The van der Waals surface area contributed by atoms with E-state index in [1.165, 1.54) is 14.2 Å². The van der Waals surface area contributed by atoms with Crippen molar-refractivity contribution in [3.8, 4) is 22.6 Å². The number of esters is 2. The Morgan fingerprint density at radius 2 is 1.52 bits per heavy atom. The summed E-state index contributed by atoms with van der Waals surface area (Å²) < 4.78 is 21.7. The topological polar surface area (TPSA) is 84.0 Å². The van der Waals surface area contributed by atoms with Crippen molar-refractivity contribution in [1.82, 2.24) is 4.98 Å². The molecule has 2 rings (SSSR count). The summed E-state index contributed by atoms with van der Waals surface area (Å²) in [6, 6.07) is 5.34. The molecular formula is C24H31NO6. The summed E-state index contributed by atoms with van der Waals surface area (Å²) in [7, 11) is 2.59. The Balaban J connectivity index is 2.75. The van der Waals surface area contributed by atoms with Crippen molar-refractivity contribution in [2.75, 3.05) is 27.4 Å². The minimum absolute atomic E-state index is 0.214. The van der Waals surface area contributed by atoms with Gasteiger partial charge in [-0.2, -0.15) is 0 Å². The molecule has 1 aromatic carbocycles. The first-order valence-corrected chi connectivity index (χ1v) is 10.3. The van der Waals surface area contributed by atoms with Crippen LogP contribution >= 0.6 is 0 Å². The molecule has 31 heavy (non-hydrogen) atoms. The van der Waals surface area contributed by atoms with Crippen LogP contribution in [0.5, 0.6) is 11.5 Å². The van der Waals surface area contributed by atoms with Crippen molar-refractivity contribution in [2.45, 2.75) is 41.0 Å². The van der Waals surface area contributed by atoms with Crippen molar-refractivity contribution in [2.24, 2.45) is 5.92 Å². The van der Waals surface area contributed by atoms with E-state index in [4.69, 9.17) is 18.9 Å². The number of aryl methyl sites for hydroxylation is 2. The van der Waals surface area contributed by atoms with Gasteiger partial charge in [0, 0.05) is 5.56 Å². The quantitative estimate of drug-likeness (QED) is 0.531. The van der Waals surface area contributed by atoms with E-state index < -0.39 is 11.9 Å². The number of hydrogen-bond donors (Lipinski definition) is 0. The zero-order chi connectivity index (χ0) is 23.1. The fraction of sp³-hybridized carbons (Fsp3) is 0.458. The van der Waals surface area contributed by atoms with Crippen molar-refractivity contribution < 1.29 is 28.5 Å². The molecule has 0 N–H and O–H groups in total. The summed E-state index contributed by atoms with van der Waals surface area (Å²) in [5, 5.41) is 0. The molecule has 7 nitrogen and oxygen atoms in total. The number of benzene rings is 1. The number of carbonyl (C=O) groups is 2. The first-order chi connectivity index (χ1) is 14.7. The number of methoxy groups -OCH3 is 2. The first-order valence-electron chi connectivity index (χ1n) is 10.3. The van der Waals surface area contributed by atoms with E-state index in [2.05, 4.69) is 18.8 Å². The van der Waals surface area contributed by atoms with Gasteiger partial charge in [-0.15, -0.1) is 0 Å². The zero-order valence-corrected chi connectivity index (χ0v) is 19.3. The van der Waals surface area contributed by atoms with Crippen LogP contribution in [0.2, 0.25) is 0 Å². The Hall–Kier alpha value is -3.09. The molecule has 0 fully saturated rings. The van der Waals surface area contributed by atoms with Gasteiger partial charge in [0.1, 0.15) is 0 Å². The third-order valence-corrected chi connectivity index (χ3v) is 4.82. The minimum atomic E-state index is -0.582. The van der Waals surface area contributed by atoms with E-state index in [0.29, 0.717) is 53.1 Å². The highest BCUT2D eigenvalue weighted by molar-refractivity contribution is 6.07. The third-order valence-electron chi connectivity index (χ3n) is 4.82. The SMILES string of the molecule is CCOc1ccc(-c2c(C(=O)OC)c(C)nc(C)c2C(=O)OC)cc1OCCC(C)C. The summed E-state index contributed by atoms with van der Waals surface area (Å²) >= 11 is 0. The summed E-state index contributed by atoms with van der Waals surface area (Å²) in [4.78, 5) is 29.6. The van der Waals surface area contributed by atoms with E-state index in [9.17, 15) is 9.59 Å². The maximum atomic E-state index is 12.6. The number of rotatable bonds is 9. The molecule has 0 amide bonds. The van der Waals surface area contributed by atoms with Crippen LogP contribution in [0, 0.1) is 19.8 Å². The van der Waals surface area contributed by atoms with Crippen molar-refractivity contribution in [1.29, 1.82) is 0 Å². The molecule has 0 bridgehead atoms. The molecule has 0 saturated carbocycles. The zero-order valence-electron chi connectivity index (χ0n) is 19.3. The predicted molar refractivity (Wildman–Crippen MR) is 118 cm³/mol. The van der Waals surface area contributed by atoms with E-state index in [1.54, 1.807) is 32.0 Å². The van der Waals surface area contributed by atoms with E-state index in [0.717, 1.165) is 6.42 Å². The van der Waals surface area contributed by atoms with Gasteiger partial charge >= 0.3 is 11.9 Å². The van der Waals surface area contributed by atoms with Gasteiger partial charge in [-0.1, -0.05) is 19.9 Å². The summed E-state index contributed by atoms with van der Waals surface area (Å²) in [6.45, 7) is 10.6. The molecule has 0 unspecified atom stereocenters. The molecule has 2 aromatic rings. The second kappa shape index (κ2) is 10.8. The number of nitrogens with zero attached hydrogens (tertiary/aromatic N) is 1. The minimum Gasteiger partial charge on any atom is -0.490 e. The highest BCUT2D eigenvalue weighted by Gasteiger charge is 2.28. The maximum Gasteiger partial charge on any atom is 0.340 e. The van der Waals surface area contributed by atoms with Gasteiger partial charge in [0.25, 0.3) is 0 Å². The largest absolute Gasteiger partial charge is 0.490 e. The lowest BCUT2D eigenvalue weighted by atomic mass is 9.92. The van der Waals surface area contributed by atoms with Crippen molar-refractivity contribution in [3.63, 3.8) is 0 Å². The molecule has 0 radical (unpaired) electrons. The lowest BCUT2D eigenvalue weighted by molar-refractivity contribution is 0.0599. The van der Waals surface area contributed by atoms with Crippen LogP contribution in [0.25, 0.3) is 11.1 Å². The lowest BCUT2D eigenvalue weighted by Gasteiger charge is -2.19. The maximum absolute atomic E-state index is 12.6. The molecule has 7 heteroatoms. The molecule has 168 valence electrons. The van der Waals surface area contributed by atoms with Crippen molar-refractivity contribution >= 4 is 11.9 Å². The predicted octanol–water partition coefficient (Wildman–Crippen LogP) is 4.76. The average molecular weight is 430 g/mol. The average Bonchev–Trinajstić information content (AvgIpc) is 2.73. The monoisotopic (exact) mass is 429 g/mol. The number of pyridine rings is 1. The molecule has 0 atom stereocenters. The Morgan fingerprint density at radius 1 is 0.935 bits per heavy atom. The number of ether oxygens (including phenoxy) is 4. The third kappa shape index (κ3) is 5.54.